The summed E-state index contributed by atoms with van der Waals surface area (Å²) in [5, 5.41) is 3.98. The standard InChI is InChI=1S/C19H24N2O4S2/c1-14-10-21(11-15(2)25-14)27(23,24)18-6-4-17(5-7-18)19(22)20(3)12-16-8-9-26-13-16/h4-9,13-15H,10-12H2,1-3H3/t14-,15-/m1/s1. The highest BCUT2D eigenvalue weighted by molar-refractivity contribution is 7.89. The van der Waals surface area contributed by atoms with Gasteiger partial charge in [0.25, 0.3) is 5.91 Å². The van der Waals surface area contributed by atoms with Crippen LogP contribution in [-0.2, 0) is 21.3 Å². The zero-order valence-corrected chi connectivity index (χ0v) is 17.3. The Morgan fingerprint density at radius 1 is 1.19 bits per heavy atom. The summed E-state index contributed by atoms with van der Waals surface area (Å²) in [7, 11) is -1.86. The maximum Gasteiger partial charge on any atom is 0.253 e. The second-order valence-corrected chi connectivity index (χ2v) is 9.61. The summed E-state index contributed by atoms with van der Waals surface area (Å²) >= 11 is 1.59. The molecule has 0 saturated carbocycles. The van der Waals surface area contributed by atoms with Crippen molar-refractivity contribution >= 4 is 27.3 Å². The first-order valence-electron chi connectivity index (χ1n) is 8.79. The first kappa shape index (κ1) is 20.0. The van der Waals surface area contributed by atoms with Gasteiger partial charge in [0.15, 0.2) is 0 Å². The summed E-state index contributed by atoms with van der Waals surface area (Å²) in [6, 6.07) is 8.14. The van der Waals surface area contributed by atoms with E-state index in [0.717, 1.165) is 5.56 Å². The van der Waals surface area contributed by atoms with Crippen molar-refractivity contribution in [1.82, 2.24) is 9.21 Å². The molecule has 1 aliphatic rings. The normalized spacial score (nSPS) is 21.1. The molecule has 0 aliphatic carbocycles. The predicted molar refractivity (Wildman–Crippen MR) is 105 cm³/mol. The molecule has 1 fully saturated rings. The summed E-state index contributed by atoms with van der Waals surface area (Å²) in [5.41, 5.74) is 1.54. The molecule has 1 aromatic heterocycles. The molecule has 1 aliphatic heterocycles. The van der Waals surface area contributed by atoms with Gasteiger partial charge in [-0.05, 0) is 60.5 Å². The number of amides is 1. The third kappa shape index (κ3) is 4.57. The number of hydrogen-bond donors (Lipinski definition) is 0. The van der Waals surface area contributed by atoms with Crippen LogP contribution in [-0.4, -0.2) is 55.9 Å². The number of rotatable bonds is 5. The van der Waals surface area contributed by atoms with Crippen molar-refractivity contribution < 1.29 is 17.9 Å². The van der Waals surface area contributed by atoms with Crippen LogP contribution < -0.4 is 0 Å². The molecule has 2 heterocycles. The summed E-state index contributed by atoms with van der Waals surface area (Å²) in [6.45, 7) is 4.91. The molecule has 146 valence electrons. The van der Waals surface area contributed by atoms with Crippen molar-refractivity contribution in [3.63, 3.8) is 0 Å². The lowest BCUT2D eigenvalue weighted by molar-refractivity contribution is -0.0440. The maximum atomic E-state index is 12.9. The van der Waals surface area contributed by atoms with Crippen LogP contribution in [0.15, 0.2) is 46.0 Å². The van der Waals surface area contributed by atoms with E-state index in [1.54, 1.807) is 35.4 Å². The molecule has 2 atom stereocenters. The molecule has 0 spiro atoms. The van der Waals surface area contributed by atoms with E-state index in [2.05, 4.69) is 0 Å². The van der Waals surface area contributed by atoms with Crippen LogP contribution in [0.3, 0.4) is 0 Å². The number of sulfonamides is 1. The second-order valence-electron chi connectivity index (χ2n) is 6.90. The molecular formula is C19H24N2O4S2. The number of thiophene rings is 1. The van der Waals surface area contributed by atoms with Gasteiger partial charge < -0.3 is 9.64 Å². The van der Waals surface area contributed by atoms with Gasteiger partial charge in [-0.1, -0.05) is 0 Å². The Kier molecular flexibility index (Phi) is 6.00. The second kappa shape index (κ2) is 8.10. The molecule has 2 aromatic rings. The van der Waals surface area contributed by atoms with Crippen molar-refractivity contribution in [2.75, 3.05) is 20.1 Å². The number of hydrogen-bond acceptors (Lipinski definition) is 5. The van der Waals surface area contributed by atoms with Crippen LogP contribution in [0.1, 0.15) is 29.8 Å². The van der Waals surface area contributed by atoms with Gasteiger partial charge in [0.1, 0.15) is 0 Å². The quantitative estimate of drug-likeness (QED) is 0.763. The van der Waals surface area contributed by atoms with E-state index in [1.165, 1.54) is 16.4 Å². The summed E-state index contributed by atoms with van der Waals surface area (Å²) < 4.78 is 32.8. The molecule has 1 amide bonds. The molecule has 0 bridgehead atoms. The minimum Gasteiger partial charge on any atom is -0.373 e. The molecule has 0 radical (unpaired) electrons. The first-order valence-corrected chi connectivity index (χ1v) is 11.2. The fourth-order valence-electron chi connectivity index (χ4n) is 3.19. The minimum absolute atomic E-state index is 0.140. The molecular weight excluding hydrogens is 384 g/mol. The molecule has 0 unspecified atom stereocenters. The van der Waals surface area contributed by atoms with Crippen molar-refractivity contribution in [3.05, 3.63) is 52.2 Å². The Morgan fingerprint density at radius 2 is 1.81 bits per heavy atom. The van der Waals surface area contributed by atoms with E-state index >= 15 is 0 Å². The number of morpholine rings is 1. The predicted octanol–water partition coefficient (Wildman–Crippen LogP) is 2.82. The smallest absolute Gasteiger partial charge is 0.253 e. The van der Waals surface area contributed by atoms with E-state index in [9.17, 15) is 13.2 Å². The molecule has 6 nitrogen and oxygen atoms in total. The van der Waals surface area contributed by atoms with E-state index in [1.807, 2.05) is 30.7 Å². The van der Waals surface area contributed by atoms with Gasteiger partial charge in [-0.15, -0.1) is 0 Å². The Balaban J connectivity index is 1.73. The monoisotopic (exact) mass is 408 g/mol. The van der Waals surface area contributed by atoms with E-state index < -0.39 is 10.0 Å². The van der Waals surface area contributed by atoms with Crippen molar-refractivity contribution in [2.45, 2.75) is 37.5 Å². The van der Waals surface area contributed by atoms with Gasteiger partial charge in [-0.2, -0.15) is 15.6 Å². The Hall–Kier alpha value is -1.74. The highest BCUT2D eigenvalue weighted by atomic mass is 32.2. The number of ether oxygens (including phenoxy) is 1. The van der Waals surface area contributed by atoms with Crippen molar-refractivity contribution in [3.8, 4) is 0 Å². The van der Waals surface area contributed by atoms with E-state index in [0.29, 0.717) is 25.2 Å². The Labute approximate surface area is 164 Å². The summed E-state index contributed by atoms with van der Waals surface area (Å²) in [4.78, 5) is 14.4. The third-order valence-electron chi connectivity index (χ3n) is 4.47. The number of carbonyl (C=O) groups excluding carboxylic acids is 1. The Morgan fingerprint density at radius 3 is 2.37 bits per heavy atom. The zero-order valence-electron chi connectivity index (χ0n) is 15.7. The van der Waals surface area contributed by atoms with Crippen LogP contribution in [0.4, 0.5) is 0 Å². The molecule has 3 rings (SSSR count). The third-order valence-corrected chi connectivity index (χ3v) is 7.05. The number of carbonyl (C=O) groups is 1. The average molecular weight is 409 g/mol. The maximum absolute atomic E-state index is 12.9. The Bertz CT molecular complexity index is 869. The lowest BCUT2D eigenvalue weighted by atomic mass is 10.2. The van der Waals surface area contributed by atoms with Gasteiger partial charge >= 0.3 is 0 Å². The van der Waals surface area contributed by atoms with Crippen LogP contribution in [0.2, 0.25) is 0 Å². The van der Waals surface area contributed by atoms with E-state index in [-0.39, 0.29) is 23.0 Å². The fraction of sp³-hybridized carbons (Fsp3) is 0.421. The lowest BCUT2D eigenvalue weighted by Crippen LogP contribution is -2.48. The fourth-order valence-corrected chi connectivity index (χ4v) is 5.44. The van der Waals surface area contributed by atoms with Crippen LogP contribution in [0.25, 0.3) is 0 Å². The summed E-state index contributed by atoms with van der Waals surface area (Å²) in [5.74, 6) is -0.140. The van der Waals surface area contributed by atoms with Crippen LogP contribution in [0, 0.1) is 0 Å². The molecule has 1 aromatic carbocycles. The molecule has 0 N–H and O–H groups in total. The van der Waals surface area contributed by atoms with Gasteiger partial charge in [-0.3, -0.25) is 4.79 Å². The largest absolute Gasteiger partial charge is 0.373 e. The SMILES string of the molecule is C[C@@H]1CN(S(=O)(=O)c2ccc(C(=O)N(C)Cc3ccsc3)cc2)C[C@@H](C)O1. The van der Waals surface area contributed by atoms with Crippen LogP contribution in [0.5, 0.6) is 0 Å². The molecule has 1 saturated heterocycles. The number of benzene rings is 1. The van der Waals surface area contributed by atoms with Crippen molar-refractivity contribution in [2.24, 2.45) is 0 Å². The summed E-state index contributed by atoms with van der Waals surface area (Å²) in [6.07, 6.45) is -0.287. The zero-order chi connectivity index (χ0) is 19.6. The highest BCUT2D eigenvalue weighted by Crippen LogP contribution is 2.22. The van der Waals surface area contributed by atoms with Crippen molar-refractivity contribution in [1.29, 1.82) is 0 Å². The van der Waals surface area contributed by atoms with Gasteiger partial charge in [0.05, 0.1) is 17.1 Å². The van der Waals surface area contributed by atoms with E-state index in [4.69, 9.17) is 4.74 Å². The first-order chi connectivity index (χ1) is 12.8. The molecule has 8 heteroatoms. The number of nitrogens with zero attached hydrogens (tertiary/aromatic N) is 2. The topological polar surface area (TPSA) is 66.9 Å². The lowest BCUT2D eigenvalue weighted by Gasteiger charge is -2.34. The van der Waals surface area contributed by atoms with Crippen LogP contribution >= 0.6 is 11.3 Å². The van der Waals surface area contributed by atoms with Gasteiger partial charge in [-0.25, -0.2) is 8.42 Å². The van der Waals surface area contributed by atoms with Gasteiger partial charge in [0.2, 0.25) is 10.0 Å². The average Bonchev–Trinajstić information content (AvgIpc) is 3.13. The van der Waals surface area contributed by atoms with Gasteiger partial charge in [0, 0.05) is 32.2 Å². The molecule has 27 heavy (non-hydrogen) atoms. The highest BCUT2D eigenvalue weighted by Gasteiger charge is 2.32. The minimum atomic E-state index is -3.60.